The second kappa shape index (κ2) is 11.5. The maximum Gasteiger partial charge on any atom is 0.278 e. The molecule has 1 aliphatic rings. The van der Waals surface area contributed by atoms with Crippen LogP contribution in [-0.4, -0.2) is 28.7 Å². The van der Waals surface area contributed by atoms with Crippen LogP contribution in [0.25, 0.3) is 6.08 Å². The van der Waals surface area contributed by atoms with Gasteiger partial charge in [-0.25, -0.2) is 0 Å². The molecule has 6 heteroatoms. The smallest absolute Gasteiger partial charge is 0.278 e. The Bertz CT molecular complexity index is 1480. The van der Waals surface area contributed by atoms with Gasteiger partial charge in [0.2, 0.25) is 5.43 Å². The molecule has 1 aliphatic heterocycles. The van der Waals surface area contributed by atoms with E-state index >= 15 is 0 Å². The Morgan fingerprint density at radius 2 is 1.53 bits per heavy atom. The van der Waals surface area contributed by atoms with E-state index in [2.05, 4.69) is 35.9 Å². The van der Waals surface area contributed by atoms with Crippen LogP contribution in [0.2, 0.25) is 0 Å². The van der Waals surface area contributed by atoms with E-state index in [1.807, 2.05) is 78.9 Å². The molecular weight excluding hydrogens is 474 g/mol. The Morgan fingerprint density at radius 1 is 0.868 bits per heavy atom. The van der Waals surface area contributed by atoms with Crippen molar-refractivity contribution in [3.8, 4) is 5.75 Å². The first-order chi connectivity index (χ1) is 18.7. The molecule has 0 spiro atoms. The lowest BCUT2D eigenvalue weighted by molar-refractivity contribution is 0.0699. The molecule has 0 N–H and O–H groups in total. The van der Waals surface area contributed by atoms with Crippen LogP contribution in [0.15, 0.2) is 127 Å². The van der Waals surface area contributed by atoms with Crippen LogP contribution < -0.4 is 15.2 Å². The summed E-state index contributed by atoms with van der Waals surface area (Å²) in [5, 5.41) is 2.06. The van der Waals surface area contributed by atoms with Crippen LogP contribution >= 0.6 is 0 Å². The van der Waals surface area contributed by atoms with Crippen molar-refractivity contribution in [1.29, 1.82) is 0 Å². The fraction of sp³-hybridized carbons (Fsp3) is 0.125. The van der Waals surface area contributed by atoms with E-state index in [0.717, 1.165) is 16.7 Å². The number of benzene rings is 3. The van der Waals surface area contributed by atoms with E-state index in [-0.39, 0.29) is 35.4 Å². The molecule has 1 atom stereocenters. The molecule has 1 aromatic heterocycles. The van der Waals surface area contributed by atoms with Gasteiger partial charge in [-0.05, 0) is 16.7 Å². The number of ether oxygens (including phenoxy) is 1. The summed E-state index contributed by atoms with van der Waals surface area (Å²) in [4.78, 5) is 28.4. The van der Waals surface area contributed by atoms with Gasteiger partial charge in [-0.3, -0.25) is 19.3 Å². The first-order valence-corrected chi connectivity index (χ1v) is 12.5. The van der Waals surface area contributed by atoms with E-state index < -0.39 is 0 Å². The molecule has 2 heterocycles. The molecular formula is C32H29N3O3. The average molecular weight is 504 g/mol. The second-order valence-electron chi connectivity index (χ2n) is 9.00. The van der Waals surface area contributed by atoms with Crippen LogP contribution in [0.4, 0.5) is 0 Å². The quantitative estimate of drug-likeness (QED) is 0.286. The van der Waals surface area contributed by atoms with Gasteiger partial charge >= 0.3 is 0 Å². The number of pyridine rings is 1. The van der Waals surface area contributed by atoms with Crippen molar-refractivity contribution in [3.63, 3.8) is 0 Å². The number of fused-ring (bicyclic) bond motifs is 1. The molecule has 5 rings (SSSR count). The summed E-state index contributed by atoms with van der Waals surface area (Å²) < 4.78 is 7.79. The van der Waals surface area contributed by atoms with Gasteiger partial charge in [-0.1, -0.05) is 109 Å². The molecule has 0 aliphatic carbocycles. The molecule has 38 heavy (non-hydrogen) atoms. The van der Waals surface area contributed by atoms with E-state index in [0.29, 0.717) is 13.2 Å². The highest BCUT2D eigenvalue weighted by atomic mass is 16.5. The second-order valence-corrected chi connectivity index (χ2v) is 9.00. The normalized spacial score (nSPS) is 13.8. The number of hydrogen-bond donors (Lipinski definition) is 0. The molecule has 190 valence electrons. The third-order valence-corrected chi connectivity index (χ3v) is 6.43. The number of nitrogens with zero attached hydrogens (tertiary/aromatic N) is 3. The summed E-state index contributed by atoms with van der Waals surface area (Å²) in [6.45, 7) is 4.65. The summed E-state index contributed by atoms with van der Waals surface area (Å²) in [5.74, 6) is -0.236. The Labute approximate surface area is 222 Å². The summed E-state index contributed by atoms with van der Waals surface area (Å²) in [5.41, 5.74) is 2.89. The molecule has 6 nitrogen and oxygen atoms in total. The minimum atomic E-state index is -0.336. The molecule has 0 saturated heterocycles. The molecule has 4 aromatic rings. The predicted molar refractivity (Wildman–Crippen MR) is 150 cm³/mol. The zero-order valence-electron chi connectivity index (χ0n) is 21.0. The molecule has 0 fully saturated rings. The third-order valence-electron chi connectivity index (χ3n) is 6.43. The standard InChI is InChI=1S/C32H29N3O3/c1-2-21-33-24-35(28(27-16-10-5-11-17-27)19-18-25-12-6-3-7-13-25)34-22-20-29(36)31(30(34)32(33)37)38-23-26-14-8-4-9-15-26/h2-20,22,28H,1,21,23-24H2/b19-18+. The van der Waals surface area contributed by atoms with Gasteiger partial charge in [0.15, 0.2) is 11.4 Å². The lowest BCUT2D eigenvalue weighted by Crippen LogP contribution is -2.55. The van der Waals surface area contributed by atoms with Crippen molar-refractivity contribution in [2.45, 2.75) is 12.6 Å². The number of carbonyl (C=O) groups is 1. The summed E-state index contributed by atoms with van der Waals surface area (Å²) in [7, 11) is 0. The van der Waals surface area contributed by atoms with E-state index in [1.54, 1.807) is 21.8 Å². The van der Waals surface area contributed by atoms with Gasteiger partial charge in [0, 0.05) is 18.8 Å². The summed E-state index contributed by atoms with van der Waals surface area (Å²) in [6, 6.07) is 31.0. The average Bonchev–Trinajstić information content (AvgIpc) is 2.96. The van der Waals surface area contributed by atoms with Crippen LogP contribution in [0.1, 0.15) is 33.2 Å². The highest BCUT2D eigenvalue weighted by molar-refractivity contribution is 5.96. The molecule has 0 radical (unpaired) electrons. The minimum Gasteiger partial charge on any atom is -0.482 e. The molecule has 3 aromatic carbocycles. The Morgan fingerprint density at radius 3 is 2.21 bits per heavy atom. The Kier molecular flexibility index (Phi) is 7.50. The third kappa shape index (κ3) is 5.30. The largest absolute Gasteiger partial charge is 0.482 e. The molecule has 0 saturated carbocycles. The number of carbonyl (C=O) groups excluding carboxylic acids is 1. The predicted octanol–water partition coefficient (Wildman–Crippen LogP) is 5.42. The summed E-state index contributed by atoms with van der Waals surface area (Å²) >= 11 is 0. The first-order valence-electron chi connectivity index (χ1n) is 12.5. The lowest BCUT2D eigenvalue weighted by Gasteiger charge is -2.43. The lowest BCUT2D eigenvalue weighted by atomic mass is 10.0. The van der Waals surface area contributed by atoms with E-state index in [4.69, 9.17) is 4.74 Å². The zero-order chi connectivity index (χ0) is 26.3. The van der Waals surface area contributed by atoms with Gasteiger partial charge in [-0.15, -0.1) is 6.58 Å². The van der Waals surface area contributed by atoms with Crippen LogP contribution in [-0.2, 0) is 6.61 Å². The molecule has 0 bridgehead atoms. The van der Waals surface area contributed by atoms with Crippen molar-refractivity contribution in [1.82, 2.24) is 9.58 Å². The van der Waals surface area contributed by atoms with Gasteiger partial charge < -0.3 is 9.64 Å². The maximum absolute atomic E-state index is 13.7. The van der Waals surface area contributed by atoms with Gasteiger partial charge in [-0.2, -0.15) is 0 Å². The van der Waals surface area contributed by atoms with Crippen molar-refractivity contribution < 1.29 is 9.53 Å². The highest BCUT2D eigenvalue weighted by Crippen LogP contribution is 2.29. The fourth-order valence-corrected chi connectivity index (χ4v) is 4.56. The molecule has 1 amide bonds. The number of aromatic nitrogens is 1. The molecule has 1 unspecified atom stereocenters. The number of amides is 1. The van der Waals surface area contributed by atoms with Crippen LogP contribution in [0.3, 0.4) is 0 Å². The van der Waals surface area contributed by atoms with Gasteiger partial charge in [0.05, 0.1) is 6.04 Å². The SMILES string of the molecule is C=CCN1CN(C(/C=C/c2ccccc2)c2ccccc2)n2ccc(=O)c(OCc3ccccc3)c2C1=O. The van der Waals surface area contributed by atoms with Gasteiger partial charge in [0.25, 0.3) is 5.91 Å². The fourth-order valence-electron chi connectivity index (χ4n) is 4.56. The summed E-state index contributed by atoms with van der Waals surface area (Å²) in [6.07, 6.45) is 7.52. The van der Waals surface area contributed by atoms with Crippen molar-refractivity contribution in [2.75, 3.05) is 18.2 Å². The maximum atomic E-state index is 13.7. The zero-order valence-corrected chi connectivity index (χ0v) is 21.0. The van der Waals surface area contributed by atoms with Crippen molar-refractivity contribution >= 4 is 12.0 Å². The van der Waals surface area contributed by atoms with Gasteiger partial charge in [0.1, 0.15) is 13.3 Å². The monoisotopic (exact) mass is 503 g/mol. The van der Waals surface area contributed by atoms with Crippen molar-refractivity contribution in [2.24, 2.45) is 0 Å². The Balaban J connectivity index is 1.61. The topological polar surface area (TPSA) is 54.8 Å². The van der Waals surface area contributed by atoms with Crippen LogP contribution in [0.5, 0.6) is 5.75 Å². The first kappa shape index (κ1) is 24.8. The Hall–Kier alpha value is -4.84. The number of rotatable bonds is 9. The van der Waals surface area contributed by atoms with E-state index in [1.165, 1.54) is 6.07 Å². The minimum absolute atomic E-state index is 0.0407. The number of hydrogen-bond acceptors (Lipinski definition) is 4. The van der Waals surface area contributed by atoms with E-state index in [9.17, 15) is 9.59 Å². The highest BCUT2D eigenvalue weighted by Gasteiger charge is 2.35. The van der Waals surface area contributed by atoms with Crippen molar-refractivity contribution in [3.05, 3.63) is 155 Å². The van der Waals surface area contributed by atoms with Crippen LogP contribution in [0, 0.1) is 0 Å².